The number of benzene rings is 1. The third-order valence-electron chi connectivity index (χ3n) is 3.96. The summed E-state index contributed by atoms with van der Waals surface area (Å²) < 4.78 is 11.6. The fourth-order valence-electron chi connectivity index (χ4n) is 2.55. The molecule has 0 fully saturated rings. The molecule has 0 aliphatic rings. The third kappa shape index (κ3) is 6.86. The summed E-state index contributed by atoms with van der Waals surface area (Å²) in [6.45, 7) is 6.28. The topological polar surface area (TPSA) is 79.9 Å². The van der Waals surface area contributed by atoms with Crippen molar-refractivity contribution in [3.63, 3.8) is 0 Å². The number of amides is 3. The molecule has 2 N–H and O–H groups in total. The molecule has 7 nitrogen and oxygen atoms in total. The Kier molecular flexibility index (Phi) is 8.77. The van der Waals surface area contributed by atoms with Crippen LogP contribution in [0.15, 0.2) is 35.7 Å². The van der Waals surface area contributed by atoms with Crippen molar-refractivity contribution in [2.75, 3.05) is 26.7 Å². The minimum Gasteiger partial charge on any atom is -0.490 e. The fraction of sp³-hybridized carbons (Fsp3) is 0.400. The molecule has 152 valence electrons. The summed E-state index contributed by atoms with van der Waals surface area (Å²) >= 11 is 1.65. The molecule has 1 aromatic heterocycles. The molecular weight excluding hydrogens is 378 g/mol. The van der Waals surface area contributed by atoms with Crippen LogP contribution in [-0.4, -0.2) is 43.6 Å². The van der Waals surface area contributed by atoms with Gasteiger partial charge < -0.3 is 14.8 Å². The first kappa shape index (κ1) is 21.7. The van der Waals surface area contributed by atoms with E-state index in [4.69, 9.17) is 9.47 Å². The molecule has 8 heteroatoms. The highest BCUT2D eigenvalue weighted by Crippen LogP contribution is 2.30. The monoisotopic (exact) mass is 405 g/mol. The number of thiophene rings is 1. The summed E-state index contributed by atoms with van der Waals surface area (Å²) in [6, 6.07) is 9.31. The van der Waals surface area contributed by atoms with Crippen LogP contribution in [0, 0.1) is 0 Å². The summed E-state index contributed by atoms with van der Waals surface area (Å²) in [4.78, 5) is 26.3. The molecule has 2 aromatic rings. The van der Waals surface area contributed by atoms with E-state index in [1.165, 1.54) is 7.05 Å². The first-order chi connectivity index (χ1) is 13.5. The van der Waals surface area contributed by atoms with Crippen molar-refractivity contribution in [1.82, 2.24) is 15.5 Å². The molecule has 0 aliphatic heterocycles. The lowest BCUT2D eigenvalue weighted by atomic mass is 10.2. The van der Waals surface area contributed by atoms with Crippen LogP contribution in [0.1, 0.15) is 24.3 Å². The van der Waals surface area contributed by atoms with Gasteiger partial charge in [-0.2, -0.15) is 0 Å². The lowest BCUT2D eigenvalue weighted by Crippen LogP contribution is -2.43. The molecule has 0 aliphatic carbocycles. The third-order valence-corrected chi connectivity index (χ3v) is 4.81. The Hall–Kier alpha value is -2.58. The minimum atomic E-state index is -0.507. The number of rotatable bonds is 10. The van der Waals surface area contributed by atoms with Crippen LogP contribution in [0.3, 0.4) is 0 Å². The Morgan fingerprint density at radius 2 is 1.96 bits per heavy atom. The van der Waals surface area contributed by atoms with Crippen molar-refractivity contribution in [3.8, 4) is 11.5 Å². The summed E-state index contributed by atoms with van der Waals surface area (Å²) in [7, 11) is 1.47. The molecule has 0 atom stereocenters. The Morgan fingerprint density at radius 1 is 1.14 bits per heavy atom. The second kappa shape index (κ2) is 11.3. The highest BCUT2D eigenvalue weighted by atomic mass is 32.1. The first-order valence-electron chi connectivity index (χ1n) is 9.20. The van der Waals surface area contributed by atoms with Gasteiger partial charge in [0.05, 0.1) is 13.2 Å². The van der Waals surface area contributed by atoms with Gasteiger partial charge in [-0.25, -0.2) is 4.79 Å². The molecule has 3 amide bonds. The second-order valence-electron chi connectivity index (χ2n) is 6.01. The average Bonchev–Trinajstić information content (AvgIpc) is 3.20. The maximum atomic E-state index is 11.9. The lowest BCUT2D eigenvalue weighted by molar-refractivity contribution is -0.121. The number of carbonyl (C=O) groups is 2. The molecule has 28 heavy (non-hydrogen) atoms. The van der Waals surface area contributed by atoms with Crippen molar-refractivity contribution in [1.29, 1.82) is 0 Å². The highest BCUT2D eigenvalue weighted by molar-refractivity contribution is 7.09. The van der Waals surface area contributed by atoms with Crippen molar-refractivity contribution in [2.24, 2.45) is 0 Å². The molecule has 1 heterocycles. The fourth-order valence-corrected chi connectivity index (χ4v) is 3.17. The van der Waals surface area contributed by atoms with Crippen LogP contribution in [-0.2, 0) is 17.9 Å². The predicted octanol–water partition coefficient (Wildman–Crippen LogP) is 3.00. The van der Waals surface area contributed by atoms with Gasteiger partial charge in [0.1, 0.15) is 6.61 Å². The van der Waals surface area contributed by atoms with Crippen molar-refractivity contribution in [2.45, 2.75) is 27.0 Å². The Labute approximate surface area is 169 Å². The first-order valence-corrected chi connectivity index (χ1v) is 10.1. The number of hydrogen-bond acceptors (Lipinski definition) is 6. The molecule has 0 saturated carbocycles. The van der Waals surface area contributed by atoms with E-state index in [-0.39, 0.29) is 12.5 Å². The van der Waals surface area contributed by atoms with Gasteiger partial charge in [0.15, 0.2) is 11.5 Å². The Balaban J connectivity index is 2.02. The smallest absolute Gasteiger partial charge is 0.321 e. The largest absolute Gasteiger partial charge is 0.490 e. The van der Waals surface area contributed by atoms with Gasteiger partial charge in [0.2, 0.25) is 5.91 Å². The van der Waals surface area contributed by atoms with Gasteiger partial charge >= 0.3 is 6.03 Å². The number of imide groups is 1. The number of likely N-dealkylation sites (N-methyl/N-ethyl adjacent to an activating group) is 1. The quantitative estimate of drug-likeness (QED) is 0.635. The minimum absolute atomic E-state index is 0.129. The zero-order valence-electron chi connectivity index (χ0n) is 16.5. The molecule has 0 spiro atoms. The predicted molar refractivity (Wildman–Crippen MR) is 110 cm³/mol. The van der Waals surface area contributed by atoms with Gasteiger partial charge in [-0.15, -0.1) is 11.3 Å². The van der Waals surface area contributed by atoms with E-state index in [1.54, 1.807) is 11.3 Å². The molecule has 0 saturated heterocycles. The number of nitrogens with one attached hydrogen (secondary N) is 2. The second-order valence-corrected chi connectivity index (χ2v) is 7.04. The van der Waals surface area contributed by atoms with Crippen LogP contribution in [0.5, 0.6) is 11.5 Å². The summed E-state index contributed by atoms with van der Waals surface area (Å²) in [5.74, 6) is 1.03. The summed E-state index contributed by atoms with van der Waals surface area (Å²) in [5, 5.41) is 6.66. The maximum Gasteiger partial charge on any atom is 0.321 e. The molecule has 2 rings (SSSR count). The lowest BCUT2D eigenvalue weighted by Gasteiger charge is -2.20. The summed E-state index contributed by atoms with van der Waals surface area (Å²) in [6.07, 6.45) is 0. The summed E-state index contributed by atoms with van der Waals surface area (Å²) in [5.41, 5.74) is 1.00. The molecule has 0 bridgehead atoms. The van der Waals surface area contributed by atoms with Gasteiger partial charge in [0.25, 0.3) is 0 Å². The molecular formula is C20H27N3O4S. The SMILES string of the molecule is CCOc1cc(CN(CC)CC(=O)NC(=O)NC)ccc1OCc1cccs1. The van der Waals surface area contributed by atoms with E-state index < -0.39 is 6.03 Å². The van der Waals surface area contributed by atoms with Crippen LogP contribution in [0.25, 0.3) is 0 Å². The number of nitrogens with zero attached hydrogens (tertiary/aromatic N) is 1. The Morgan fingerprint density at radius 3 is 2.61 bits per heavy atom. The maximum absolute atomic E-state index is 11.9. The van der Waals surface area contributed by atoms with E-state index in [9.17, 15) is 9.59 Å². The van der Waals surface area contributed by atoms with Crippen molar-refractivity contribution in [3.05, 3.63) is 46.2 Å². The van der Waals surface area contributed by atoms with Gasteiger partial charge in [-0.1, -0.05) is 19.1 Å². The van der Waals surface area contributed by atoms with Gasteiger partial charge in [-0.3, -0.25) is 15.0 Å². The van der Waals surface area contributed by atoms with E-state index in [2.05, 4.69) is 10.6 Å². The van der Waals surface area contributed by atoms with E-state index in [0.717, 1.165) is 10.4 Å². The normalized spacial score (nSPS) is 10.6. The van der Waals surface area contributed by atoms with E-state index >= 15 is 0 Å². The van der Waals surface area contributed by atoms with Gasteiger partial charge in [0, 0.05) is 18.5 Å². The van der Waals surface area contributed by atoms with Crippen molar-refractivity contribution < 1.29 is 19.1 Å². The number of carbonyl (C=O) groups excluding carboxylic acids is 2. The molecule has 0 radical (unpaired) electrons. The van der Waals surface area contributed by atoms with Crippen LogP contribution in [0.2, 0.25) is 0 Å². The standard InChI is InChI=1S/C20H27N3O4S/c1-4-23(13-19(24)22-20(25)21-3)12-15-8-9-17(18(11-15)26-5-2)27-14-16-7-6-10-28-16/h6-11H,4-5,12-14H2,1-3H3,(H2,21,22,24,25). The molecule has 0 unspecified atom stereocenters. The highest BCUT2D eigenvalue weighted by Gasteiger charge is 2.14. The molecule has 1 aromatic carbocycles. The van der Waals surface area contributed by atoms with E-state index in [0.29, 0.717) is 37.8 Å². The zero-order valence-corrected chi connectivity index (χ0v) is 17.3. The van der Waals surface area contributed by atoms with Crippen LogP contribution >= 0.6 is 11.3 Å². The van der Waals surface area contributed by atoms with E-state index in [1.807, 2.05) is 54.5 Å². The van der Waals surface area contributed by atoms with Gasteiger partial charge in [-0.05, 0) is 42.6 Å². The van der Waals surface area contributed by atoms with Crippen LogP contribution in [0.4, 0.5) is 4.79 Å². The number of ether oxygens (including phenoxy) is 2. The number of urea groups is 1. The number of hydrogen-bond donors (Lipinski definition) is 2. The Bertz CT molecular complexity index is 765. The van der Waals surface area contributed by atoms with Crippen LogP contribution < -0.4 is 20.1 Å². The average molecular weight is 406 g/mol. The van der Waals surface area contributed by atoms with Crippen molar-refractivity contribution >= 4 is 23.3 Å². The zero-order chi connectivity index (χ0) is 20.4.